The first-order valence-corrected chi connectivity index (χ1v) is 25.9. The monoisotopic (exact) mass is 955 g/mol. The fourth-order valence-electron chi connectivity index (χ4n) is 9.99. The largest absolute Gasteiger partial charge is 0.495 e. The number of carbonyl (C=O) groups excluding carboxylic acids is 3. The molecule has 3 heterocycles. The number of aromatic nitrogens is 2. The minimum atomic E-state index is -4.54. The molecule has 18 heteroatoms. The highest BCUT2D eigenvalue weighted by Crippen LogP contribution is 2.72. The zero-order chi connectivity index (χ0) is 46.0. The summed E-state index contributed by atoms with van der Waals surface area (Å²) >= 11 is 8.29. The minimum absolute atomic E-state index is 0.0299. The minimum Gasteiger partial charge on any atom is -0.495 e. The van der Waals surface area contributed by atoms with Crippen molar-refractivity contribution >= 4 is 64.1 Å². The summed E-state index contributed by atoms with van der Waals surface area (Å²) in [6.45, 7) is 4.02. The summed E-state index contributed by atoms with van der Waals surface area (Å²) in [5.74, 6) is -4.59. The van der Waals surface area contributed by atoms with Crippen LogP contribution in [0.2, 0.25) is 5.02 Å². The van der Waals surface area contributed by atoms with E-state index in [1.54, 1.807) is 18.2 Å². The highest BCUT2D eigenvalue weighted by molar-refractivity contribution is 7.59. The Morgan fingerprint density at radius 1 is 0.954 bits per heavy atom. The van der Waals surface area contributed by atoms with Crippen molar-refractivity contribution in [2.45, 2.75) is 139 Å². The van der Waals surface area contributed by atoms with Gasteiger partial charge in [-0.3, -0.25) is 14.2 Å². The zero-order valence-electron chi connectivity index (χ0n) is 36.9. The number of nitrogens with one attached hydrogen (secondary N) is 3. The molecule has 0 bridgehead atoms. The van der Waals surface area contributed by atoms with Gasteiger partial charge in [-0.05, 0) is 102 Å². The van der Waals surface area contributed by atoms with Gasteiger partial charge in [0, 0.05) is 34.4 Å². The van der Waals surface area contributed by atoms with Crippen molar-refractivity contribution in [1.82, 2.24) is 20.6 Å². The van der Waals surface area contributed by atoms with Gasteiger partial charge in [0.25, 0.3) is 0 Å². The Morgan fingerprint density at radius 2 is 1.65 bits per heavy atom. The lowest BCUT2D eigenvalue weighted by Crippen LogP contribution is -2.48. The van der Waals surface area contributed by atoms with Crippen LogP contribution in [0.5, 0.6) is 11.5 Å². The van der Waals surface area contributed by atoms with Crippen LogP contribution in [0.4, 0.5) is 18.7 Å². The van der Waals surface area contributed by atoms with Gasteiger partial charge in [0.15, 0.2) is 10.9 Å². The van der Waals surface area contributed by atoms with Crippen LogP contribution >= 0.6 is 30.3 Å². The lowest BCUT2D eigenvalue weighted by Gasteiger charge is -2.29. The average Bonchev–Trinajstić information content (AvgIpc) is 3.68. The maximum atomic E-state index is 15.0. The molecule has 2 unspecified atom stereocenters. The van der Waals surface area contributed by atoms with E-state index in [0.717, 1.165) is 57.1 Å². The molecule has 7 atom stereocenters. The predicted molar refractivity (Wildman–Crippen MR) is 246 cm³/mol. The Balaban J connectivity index is 1.14. The number of benzene rings is 2. The van der Waals surface area contributed by atoms with Gasteiger partial charge < -0.3 is 35.1 Å². The van der Waals surface area contributed by atoms with E-state index in [-0.39, 0.29) is 42.2 Å². The molecule has 65 heavy (non-hydrogen) atoms. The molecule has 0 spiro atoms. The number of hydrogen-bond acceptors (Lipinski definition) is 11. The van der Waals surface area contributed by atoms with Crippen LogP contribution in [0, 0.1) is 29.4 Å². The molecule has 2 amide bonds. The first-order chi connectivity index (χ1) is 31.2. The third kappa shape index (κ3) is 10.3. The van der Waals surface area contributed by atoms with E-state index in [4.69, 9.17) is 35.8 Å². The molecule has 13 nitrogen and oxygen atoms in total. The maximum absolute atomic E-state index is 15.0. The quantitative estimate of drug-likeness (QED) is 0.105. The van der Waals surface area contributed by atoms with E-state index in [0.29, 0.717) is 64.6 Å². The van der Waals surface area contributed by atoms with Gasteiger partial charge in [-0.1, -0.05) is 49.8 Å². The van der Waals surface area contributed by atoms with Gasteiger partial charge in [0.05, 0.1) is 36.4 Å². The molecule has 0 radical (unpaired) electrons. The number of thiazole rings is 1. The number of nitrogens with zero attached hydrogens (tertiary/aromatic N) is 2. The van der Waals surface area contributed by atoms with Gasteiger partial charge in [-0.15, -0.1) is 11.3 Å². The Labute approximate surface area is 386 Å². The van der Waals surface area contributed by atoms with E-state index in [2.05, 4.69) is 16.0 Å². The maximum Gasteiger partial charge on any atom is 0.407 e. The highest BCUT2D eigenvalue weighted by atomic mass is 35.5. The number of ether oxygens (including phenoxy) is 3. The fourth-order valence-corrected chi connectivity index (χ4v) is 13.6. The van der Waals surface area contributed by atoms with Crippen molar-refractivity contribution in [1.29, 1.82) is 0 Å². The number of anilines is 1. The predicted octanol–water partition coefficient (Wildman–Crippen LogP) is 10.5. The molecule has 4 aromatic rings. The van der Waals surface area contributed by atoms with E-state index in [1.165, 1.54) is 24.5 Å². The van der Waals surface area contributed by atoms with Crippen LogP contribution < -0.4 is 25.4 Å². The molecule has 3 saturated carbocycles. The molecular formula is C47H57ClF2N5O8PS. The molecule has 4 fully saturated rings. The molecular weight excluding hydrogens is 899 g/mol. The number of rotatable bonds is 11. The summed E-state index contributed by atoms with van der Waals surface area (Å²) in [6, 6.07) is 7.66. The first kappa shape index (κ1) is 47.1. The smallest absolute Gasteiger partial charge is 0.407 e. The second-order valence-corrected chi connectivity index (χ2v) is 22.1. The van der Waals surface area contributed by atoms with E-state index in [9.17, 15) is 32.6 Å². The molecule has 4 N–H and O–H groups in total. The third-order valence-electron chi connectivity index (χ3n) is 13.5. The molecule has 3 aliphatic carbocycles. The number of fused-ring (bicyclic) bond motifs is 3. The second kappa shape index (κ2) is 19.8. The Morgan fingerprint density at radius 3 is 2.37 bits per heavy atom. The Kier molecular flexibility index (Phi) is 14.4. The molecule has 8 rings (SSSR count). The van der Waals surface area contributed by atoms with Crippen LogP contribution in [-0.4, -0.2) is 69.3 Å². The van der Waals surface area contributed by atoms with Crippen molar-refractivity contribution in [3.05, 3.63) is 64.0 Å². The number of alkyl carbamates (subject to hydrolysis) is 1. The Bertz CT molecular complexity index is 2450. The van der Waals surface area contributed by atoms with Gasteiger partial charge >= 0.3 is 6.09 Å². The van der Waals surface area contributed by atoms with Crippen LogP contribution in [0.25, 0.3) is 22.3 Å². The lowest BCUT2D eigenvalue weighted by atomic mass is 9.86. The molecule has 2 aromatic carbocycles. The van der Waals surface area contributed by atoms with Crippen LogP contribution in [0.3, 0.4) is 0 Å². The normalized spacial score (nSPS) is 26.3. The average molecular weight is 956 g/mol. The summed E-state index contributed by atoms with van der Waals surface area (Å²) in [5.41, 5.74) is 0.910. The number of halogens is 3. The van der Waals surface area contributed by atoms with E-state index in [1.807, 2.05) is 19.2 Å². The summed E-state index contributed by atoms with van der Waals surface area (Å²) < 4.78 is 62.6. The van der Waals surface area contributed by atoms with Crippen LogP contribution in [0.1, 0.15) is 109 Å². The second-order valence-electron chi connectivity index (χ2n) is 18.4. The fraction of sp³-hybridized carbons (Fsp3) is 0.553. The molecule has 4 aliphatic rings. The van der Waals surface area contributed by atoms with Gasteiger partial charge in [0.2, 0.25) is 13.3 Å². The summed E-state index contributed by atoms with van der Waals surface area (Å²) in [4.78, 5) is 64.7. The molecule has 1 saturated heterocycles. The first-order valence-electron chi connectivity index (χ1n) is 22.8. The van der Waals surface area contributed by atoms with Crippen molar-refractivity contribution in [3.63, 3.8) is 0 Å². The lowest BCUT2D eigenvalue weighted by molar-refractivity contribution is -0.134. The summed E-state index contributed by atoms with van der Waals surface area (Å²) in [5, 5.41) is 10.8. The van der Waals surface area contributed by atoms with Crippen LogP contribution in [-0.2, 0) is 25.1 Å². The number of Topliss-reactive ketones (excluding diaryl/α,β-unsaturated/α-hetero) is 1. The number of hydrogen-bond donors (Lipinski definition) is 4. The van der Waals surface area contributed by atoms with Crippen LogP contribution in [0.15, 0.2) is 41.8 Å². The number of amides is 2. The van der Waals surface area contributed by atoms with Crippen molar-refractivity contribution < 1.29 is 46.8 Å². The molecule has 2 aromatic heterocycles. The SMILES string of the molecule is COc1ccc2c(O[C@H]3CC4C(=O)[C@@H](NC(=O)OC5CCCC5)CCCCCCC[C@@H]5C[C@@]5(P(=O)(O)Cc5c(F)cccc5F)NC(=O)[C@@H]4C3)cc(-c3csc(NC(C)C)n3)nc2c1Cl. The number of carbonyl (C=O) groups is 3. The number of pyridine rings is 1. The highest BCUT2D eigenvalue weighted by Gasteiger charge is 2.66. The molecule has 350 valence electrons. The third-order valence-corrected chi connectivity index (χ3v) is 17.3. The van der Waals surface area contributed by atoms with Crippen molar-refractivity contribution in [3.8, 4) is 22.9 Å². The number of methoxy groups -OCH3 is 1. The van der Waals surface area contributed by atoms with Crippen molar-refractivity contribution in [2.24, 2.45) is 17.8 Å². The zero-order valence-corrected chi connectivity index (χ0v) is 39.3. The standard InChI is InChI=1S/C47H57ClF2N5O8PS/c1-26(2)51-45-53-38(25-65-45)37-22-40(30-18-19-39(61-3)41(48)42(30)52-37)62-29-20-31-32(21-29)44(57)55-47(64(59,60)24-33-34(49)15-11-16-35(33)50)23-27(47)12-7-5-4-6-8-17-36(43(31)56)54-46(58)63-28-13-9-10-14-28/h11,15-16,18-19,22,25-29,31-32,36H,4-10,12-14,17,20-21,23-24H2,1-3H3,(H,51,53)(H,54,58)(H,55,57)(H,59,60)/t27-,29+,31?,32-,36+,47+/m1/s1. The van der Waals surface area contributed by atoms with Gasteiger partial charge in [0.1, 0.15) is 51.3 Å². The van der Waals surface area contributed by atoms with Gasteiger partial charge in [-0.25, -0.2) is 23.5 Å². The molecule has 1 aliphatic heterocycles. The number of ketones is 1. The summed E-state index contributed by atoms with van der Waals surface area (Å²) in [7, 11) is -3.04. The van der Waals surface area contributed by atoms with E-state index >= 15 is 0 Å². The Hall–Kier alpha value is -4.37. The van der Waals surface area contributed by atoms with Gasteiger partial charge in [-0.2, -0.15) is 0 Å². The summed E-state index contributed by atoms with van der Waals surface area (Å²) in [6.07, 6.45) is 5.80. The topological polar surface area (TPSA) is 178 Å². The van der Waals surface area contributed by atoms with Crippen molar-refractivity contribution in [2.75, 3.05) is 12.4 Å². The van der Waals surface area contributed by atoms with E-state index < -0.39 is 77.9 Å².